The molecule has 2 nitrogen and oxygen atoms in total. The van der Waals surface area contributed by atoms with E-state index in [4.69, 9.17) is 10.5 Å². The molecule has 1 unspecified atom stereocenters. The normalized spacial score (nSPS) is 12.6. The van der Waals surface area contributed by atoms with E-state index < -0.39 is 0 Å². The standard InChI is InChI=1S/C14H21NO/c1-5-7-12-8-6-9-13(11(4)15)14(12)16-10(2)3/h5-6,8-11H,1,7,15H2,2-4H3. The number of allylic oxidation sites excluding steroid dienone is 1. The van der Waals surface area contributed by atoms with Gasteiger partial charge in [-0.1, -0.05) is 24.3 Å². The van der Waals surface area contributed by atoms with E-state index in [9.17, 15) is 0 Å². The van der Waals surface area contributed by atoms with Crippen LogP contribution in [0.5, 0.6) is 5.75 Å². The maximum atomic E-state index is 5.95. The van der Waals surface area contributed by atoms with Crippen molar-refractivity contribution in [2.45, 2.75) is 39.3 Å². The maximum absolute atomic E-state index is 5.95. The van der Waals surface area contributed by atoms with Crippen LogP contribution in [-0.2, 0) is 6.42 Å². The number of hydrogen-bond acceptors (Lipinski definition) is 2. The van der Waals surface area contributed by atoms with Crippen LogP contribution >= 0.6 is 0 Å². The van der Waals surface area contributed by atoms with Crippen molar-refractivity contribution in [3.63, 3.8) is 0 Å². The summed E-state index contributed by atoms with van der Waals surface area (Å²) >= 11 is 0. The molecule has 0 radical (unpaired) electrons. The number of hydrogen-bond donors (Lipinski definition) is 1. The summed E-state index contributed by atoms with van der Waals surface area (Å²) in [6.07, 6.45) is 2.85. The summed E-state index contributed by atoms with van der Waals surface area (Å²) in [5, 5.41) is 0. The first-order chi connectivity index (χ1) is 7.56. The van der Waals surface area contributed by atoms with E-state index in [1.807, 2.05) is 39.0 Å². The van der Waals surface area contributed by atoms with Gasteiger partial charge < -0.3 is 10.5 Å². The molecule has 0 saturated heterocycles. The van der Waals surface area contributed by atoms with Crippen LogP contribution in [0.2, 0.25) is 0 Å². The monoisotopic (exact) mass is 219 g/mol. The van der Waals surface area contributed by atoms with Crippen molar-refractivity contribution in [2.75, 3.05) is 0 Å². The Morgan fingerprint density at radius 2 is 2.06 bits per heavy atom. The van der Waals surface area contributed by atoms with Gasteiger partial charge in [0.25, 0.3) is 0 Å². The summed E-state index contributed by atoms with van der Waals surface area (Å²) in [6, 6.07) is 6.09. The van der Waals surface area contributed by atoms with E-state index in [0.29, 0.717) is 0 Å². The summed E-state index contributed by atoms with van der Waals surface area (Å²) in [6.45, 7) is 9.78. The van der Waals surface area contributed by atoms with E-state index in [1.54, 1.807) is 0 Å². The van der Waals surface area contributed by atoms with Gasteiger partial charge in [-0.05, 0) is 32.8 Å². The summed E-state index contributed by atoms with van der Waals surface area (Å²) in [7, 11) is 0. The van der Waals surface area contributed by atoms with Crippen molar-refractivity contribution in [3.05, 3.63) is 42.0 Å². The quantitative estimate of drug-likeness (QED) is 0.772. The SMILES string of the molecule is C=CCc1cccc(C(C)N)c1OC(C)C. The lowest BCUT2D eigenvalue weighted by Gasteiger charge is -2.19. The van der Waals surface area contributed by atoms with Crippen LogP contribution in [0.4, 0.5) is 0 Å². The molecule has 1 atom stereocenters. The van der Waals surface area contributed by atoms with Crippen molar-refractivity contribution in [2.24, 2.45) is 5.73 Å². The molecule has 88 valence electrons. The van der Waals surface area contributed by atoms with E-state index >= 15 is 0 Å². The Kier molecular flexibility index (Phi) is 4.56. The highest BCUT2D eigenvalue weighted by Gasteiger charge is 2.13. The third-order valence-corrected chi connectivity index (χ3v) is 2.34. The smallest absolute Gasteiger partial charge is 0.127 e. The van der Waals surface area contributed by atoms with Crippen LogP contribution < -0.4 is 10.5 Å². The molecule has 0 aliphatic heterocycles. The van der Waals surface area contributed by atoms with Gasteiger partial charge >= 0.3 is 0 Å². The first-order valence-corrected chi connectivity index (χ1v) is 5.71. The van der Waals surface area contributed by atoms with E-state index in [2.05, 4.69) is 12.6 Å². The predicted molar refractivity (Wildman–Crippen MR) is 68.7 cm³/mol. The summed E-state index contributed by atoms with van der Waals surface area (Å²) in [5.41, 5.74) is 8.16. The second kappa shape index (κ2) is 5.71. The average Bonchev–Trinajstić information content (AvgIpc) is 2.19. The van der Waals surface area contributed by atoms with Crippen LogP contribution in [0.25, 0.3) is 0 Å². The van der Waals surface area contributed by atoms with Gasteiger partial charge in [-0.2, -0.15) is 0 Å². The van der Waals surface area contributed by atoms with E-state index in [1.165, 1.54) is 0 Å². The van der Waals surface area contributed by atoms with Gasteiger partial charge in [0.15, 0.2) is 0 Å². The third-order valence-electron chi connectivity index (χ3n) is 2.34. The number of rotatable bonds is 5. The third kappa shape index (κ3) is 3.11. The molecule has 1 aromatic rings. The minimum atomic E-state index is -0.0153. The van der Waals surface area contributed by atoms with Gasteiger partial charge in [-0.15, -0.1) is 6.58 Å². The summed E-state index contributed by atoms with van der Waals surface area (Å²) < 4.78 is 5.86. The molecule has 0 heterocycles. The Bertz CT molecular complexity index is 356. The van der Waals surface area contributed by atoms with Crippen LogP contribution in [0.3, 0.4) is 0 Å². The fraction of sp³-hybridized carbons (Fsp3) is 0.429. The molecule has 0 saturated carbocycles. The first kappa shape index (κ1) is 12.8. The van der Waals surface area contributed by atoms with Crippen LogP contribution in [-0.4, -0.2) is 6.10 Å². The molecular weight excluding hydrogens is 198 g/mol. The lowest BCUT2D eigenvalue weighted by atomic mass is 10.0. The molecular formula is C14H21NO. The Hall–Kier alpha value is -1.28. The number of para-hydroxylation sites is 1. The summed E-state index contributed by atoms with van der Waals surface area (Å²) in [5.74, 6) is 0.924. The Morgan fingerprint density at radius 3 is 2.56 bits per heavy atom. The number of ether oxygens (including phenoxy) is 1. The van der Waals surface area contributed by atoms with Crippen molar-refractivity contribution in [1.29, 1.82) is 0 Å². The molecule has 0 spiro atoms. The van der Waals surface area contributed by atoms with Gasteiger partial charge in [0, 0.05) is 11.6 Å². The highest BCUT2D eigenvalue weighted by molar-refractivity contribution is 5.44. The van der Waals surface area contributed by atoms with Gasteiger partial charge in [0.2, 0.25) is 0 Å². The van der Waals surface area contributed by atoms with Crippen molar-refractivity contribution in [3.8, 4) is 5.75 Å². The predicted octanol–water partition coefficient (Wildman–Crippen LogP) is 3.22. The maximum Gasteiger partial charge on any atom is 0.127 e. The van der Waals surface area contributed by atoms with Crippen molar-refractivity contribution in [1.82, 2.24) is 0 Å². The highest BCUT2D eigenvalue weighted by atomic mass is 16.5. The summed E-state index contributed by atoms with van der Waals surface area (Å²) in [4.78, 5) is 0. The zero-order chi connectivity index (χ0) is 12.1. The van der Waals surface area contributed by atoms with Gasteiger partial charge in [-0.3, -0.25) is 0 Å². The molecule has 0 aliphatic carbocycles. The second-order valence-electron chi connectivity index (χ2n) is 4.28. The molecule has 0 aliphatic rings. The lowest BCUT2D eigenvalue weighted by Crippen LogP contribution is -2.13. The zero-order valence-electron chi connectivity index (χ0n) is 10.4. The number of benzene rings is 1. The fourth-order valence-electron chi connectivity index (χ4n) is 1.66. The number of nitrogens with two attached hydrogens (primary N) is 1. The van der Waals surface area contributed by atoms with Gasteiger partial charge in [-0.25, -0.2) is 0 Å². The van der Waals surface area contributed by atoms with E-state index in [0.717, 1.165) is 23.3 Å². The lowest BCUT2D eigenvalue weighted by molar-refractivity contribution is 0.237. The van der Waals surface area contributed by atoms with Gasteiger partial charge in [0.05, 0.1) is 6.10 Å². The highest BCUT2D eigenvalue weighted by Crippen LogP contribution is 2.29. The molecule has 0 amide bonds. The molecule has 1 rings (SSSR count). The molecule has 2 heteroatoms. The molecule has 0 aromatic heterocycles. The largest absolute Gasteiger partial charge is 0.490 e. The topological polar surface area (TPSA) is 35.2 Å². The molecule has 16 heavy (non-hydrogen) atoms. The molecule has 2 N–H and O–H groups in total. The Labute approximate surface area is 98.1 Å². The van der Waals surface area contributed by atoms with Gasteiger partial charge in [0.1, 0.15) is 5.75 Å². The van der Waals surface area contributed by atoms with Crippen molar-refractivity contribution < 1.29 is 4.74 Å². The minimum Gasteiger partial charge on any atom is -0.490 e. The van der Waals surface area contributed by atoms with Crippen LogP contribution in [0.1, 0.15) is 37.9 Å². The Balaban J connectivity index is 3.17. The van der Waals surface area contributed by atoms with Crippen LogP contribution in [0, 0.1) is 0 Å². The first-order valence-electron chi connectivity index (χ1n) is 5.71. The minimum absolute atomic E-state index is 0.0153. The fourth-order valence-corrected chi connectivity index (χ4v) is 1.66. The van der Waals surface area contributed by atoms with E-state index in [-0.39, 0.29) is 12.1 Å². The van der Waals surface area contributed by atoms with Crippen LogP contribution in [0.15, 0.2) is 30.9 Å². The average molecular weight is 219 g/mol. The molecule has 1 aromatic carbocycles. The Morgan fingerprint density at radius 1 is 1.38 bits per heavy atom. The van der Waals surface area contributed by atoms with Crippen molar-refractivity contribution >= 4 is 0 Å². The second-order valence-corrected chi connectivity index (χ2v) is 4.28. The molecule has 0 fully saturated rings. The molecule has 0 bridgehead atoms. The zero-order valence-corrected chi connectivity index (χ0v) is 10.4.